The fraction of sp³-hybridized carbons (Fsp3) is 0.521. The minimum absolute atomic E-state index is 0.125. The van der Waals surface area contributed by atoms with E-state index in [1.807, 2.05) is 42.5 Å². The monoisotopic (exact) mass is 844 g/mol. The SMILES string of the molecule is C=CCC[C@H](C(=O)C1(C[C@H](C)CCOCc2ccc(OC)cc2)SCCCS1)[C@@H]1[C@@H](C(=O)OC)C(=O)C[C@]1(C)CO[Si](c1ccccc1)(c1ccccc1)C(C)(C)C. The highest BCUT2D eigenvalue weighted by Crippen LogP contribution is 2.56. The minimum Gasteiger partial charge on any atom is -0.497 e. The van der Waals surface area contributed by atoms with Crippen LogP contribution in [0, 0.1) is 29.1 Å². The molecule has 5 rings (SSSR count). The van der Waals surface area contributed by atoms with Crippen LogP contribution in [0.15, 0.2) is 97.6 Å². The standard InChI is InChI=1S/C48H64O7S2Si/c1-9-10-22-40(44(50)48(56-29-17-30-57-48)31-35(2)27-28-54-33-36-23-25-37(52-7)26-24-36)43-42(45(51)53-8)41(49)32-47(43,6)34-55-58(46(3,4)5,38-18-13-11-14-19-38)39-20-15-12-16-21-39/h9,11-16,18-21,23-26,35,40,42-43H,1,10,17,22,27-34H2,2-8H3/t35-,40+,42+,43-,47-/m1/s1. The van der Waals surface area contributed by atoms with Crippen LogP contribution in [0.25, 0.3) is 0 Å². The third-order valence-corrected chi connectivity index (χ3v) is 20.5. The summed E-state index contributed by atoms with van der Waals surface area (Å²) < 4.78 is 23.6. The zero-order valence-electron chi connectivity index (χ0n) is 35.6. The summed E-state index contributed by atoms with van der Waals surface area (Å²) in [6, 6.07) is 28.8. The van der Waals surface area contributed by atoms with Gasteiger partial charge in [0, 0.05) is 31.0 Å². The number of ether oxygens (including phenoxy) is 3. The molecule has 314 valence electrons. The third-order valence-electron chi connectivity index (χ3n) is 12.2. The lowest BCUT2D eigenvalue weighted by Gasteiger charge is -2.47. The molecule has 58 heavy (non-hydrogen) atoms. The highest BCUT2D eigenvalue weighted by Gasteiger charge is 2.61. The quantitative estimate of drug-likeness (QED) is 0.0363. The zero-order valence-corrected chi connectivity index (χ0v) is 38.3. The van der Waals surface area contributed by atoms with Gasteiger partial charge in [0.25, 0.3) is 8.32 Å². The average Bonchev–Trinajstić information content (AvgIpc) is 3.49. The van der Waals surface area contributed by atoms with Gasteiger partial charge >= 0.3 is 5.97 Å². The van der Waals surface area contributed by atoms with Gasteiger partial charge in [-0.25, -0.2) is 0 Å². The van der Waals surface area contributed by atoms with Gasteiger partial charge < -0.3 is 18.6 Å². The number of carbonyl (C=O) groups excluding carboxylic acids is 3. The molecule has 0 aromatic heterocycles. The molecule has 10 heteroatoms. The van der Waals surface area contributed by atoms with E-state index < -0.39 is 41.5 Å². The number of rotatable bonds is 20. The number of benzene rings is 3. The van der Waals surface area contributed by atoms with Crippen LogP contribution in [0.3, 0.4) is 0 Å². The van der Waals surface area contributed by atoms with Crippen LogP contribution in [0.1, 0.15) is 78.7 Å². The Labute approximate surface area is 356 Å². The van der Waals surface area contributed by atoms with Crippen LogP contribution in [0.2, 0.25) is 5.04 Å². The predicted octanol–water partition coefficient (Wildman–Crippen LogP) is 9.31. The first-order valence-electron chi connectivity index (χ1n) is 20.7. The molecule has 1 saturated heterocycles. The molecule has 0 amide bonds. The number of carbonyl (C=O) groups is 3. The van der Waals surface area contributed by atoms with Crippen molar-refractivity contribution in [1.82, 2.24) is 0 Å². The van der Waals surface area contributed by atoms with E-state index in [0.717, 1.165) is 46.0 Å². The van der Waals surface area contributed by atoms with Crippen LogP contribution >= 0.6 is 23.5 Å². The van der Waals surface area contributed by atoms with Gasteiger partial charge in [-0.1, -0.05) is 113 Å². The lowest BCUT2D eigenvalue weighted by atomic mass is 9.66. The van der Waals surface area contributed by atoms with Gasteiger partial charge in [0.15, 0.2) is 5.78 Å². The van der Waals surface area contributed by atoms with E-state index in [2.05, 4.69) is 89.7 Å². The summed E-state index contributed by atoms with van der Waals surface area (Å²) in [5, 5.41) is 1.98. The summed E-state index contributed by atoms with van der Waals surface area (Å²) in [6.07, 6.45) is 5.56. The maximum absolute atomic E-state index is 15.7. The second-order valence-electron chi connectivity index (χ2n) is 17.4. The fourth-order valence-electron chi connectivity index (χ4n) is 9.28. The smallest absolute Gasteiger partial charge is 0.316 e. The topological polar surface area (TPSA) is 88.1 Å². The Morgan fingerprint density at radius 3 is 2.07 bits per heavy atom. The number of methoxy groups -OCH3 is 2. The molecule has 0 N–H and O–H groups in total. The maximum Gasteiger partial charge on any atom is 0.316 e. The van der Waals surface area contributed by atoms with Crippen molar-refractivity contribution in [3.05, 3.63) is 103 Å². The highest BCUT2D eigenvalue weighted by atomic mass is 32.2. The van der Waals surface area contributed by atoms with Crippen molar-refractivity contribution in [2.24, 2.45) is 29.1 Å². The van der Waals surface area contributed by atoms with Crippen molar-refractivity contribution in [2.45, 2.75) is 88.9 Å². The summed E-state index contributed by atoms with van der Waals surface area (Å²) in [5.74, 6) is -0.103. The predicted molar refractivity (Wildman–Crippen MR) is 242 cm³/mol. The third kappa shape index (κ3) is 10.2. The molecule has 0 unspecified atom stereocenters. The molecule has 7 nitrogen and oxygen atoms in total. The molecule has 2 fully saturated rings. The van der Waals surface area contributed by atoms with Gasteiger partial charge in [0.05, 0.1) is 20.8 Å². The van der Waals surface area contributed by atoms with Crippen LogP contribution in [0.4, 0.5) is 0 Å². The second-order valence-corrected chi connectivity index (χ2v) is 24.8. The first kappa shape index (κ1) is 45.9. The van der Waals surface area contributed by atoms with Crippen molar-refractivity contribution in [1.29, 1.82) is 0 Å². The number of thioether (sulfide) groups is 2. The van der Waals surface area contributed by atoms with Gasteiger partial charge in [-0.2, -0.15) is 0 Å². The molecule has 0 bridgehead atoms. The lowest BCUT2D eigenvalue weighted by molar-refractivity contribution is -0.152. The molecule has 0 radical (unpaired) electrons. The summed E-state index contributed by atoms with van der Waals surface area (Å²) in [4.78, 5) is 43.7. The van der Waals surface area contributed by atoms with Crippen LogP contribution in [0.5, 0.6) is 5.75 Å². The van der Waals surface area contributed by atoms with Gasteiger partial charge in [0.2, 0.25) is 0 Å². The average molecular weight is 845 g/mol. The van der Waals surface area contributed by atoms with E-state index in [1.165, 1.54) is 7.11 Å². The van der Waals surface area contributed by atoms with E-state index in [4.69, 9.17) is 18.6 Å². The summed E-state index contributed by atoms with van der Waals surface area (Å²) in [5.41, 5.74) is 0.258. The molecular weight excluding hydrogens is 781 g/mol. The van der Waals surface area contributed by atoms with Crippen molar-refractivity contribution in [2.75, 3.05) is 38.9 Å². The summed E-state index contributed by atoms with van der Waals surface area (Å²) >= 11 is 3.50. The fourth-order valence-corrected chi connectivity index (χ4v) is 17.6. The number of hydrogen-bond acceptors (Lipinski definition) is 9. The van der Waals surface area contributed by atoms with Crippen LogP contribution < -0.4 is 15.1 Å². The van der Waals surface area contributed by atoms with Gasteiger partial charge in [0.1, 0.15) is 21.5 Å². The van der Waals surface area contributed by atoms with Gasteiger partial charge in [-0.15, -0.1) is 30.1 Å². The van der Waals surface area contributed by atoms with E-state index in [-0.39, 0.29) is 35.6 Å². The number of Topliss-reactive ketones (excluding diaryl/α,β-unsaturated/α-hetero) is 2. The second kappa shape index (κ2) is 20.4. The molecule has 3 aromatic carbocycles. The van der Waals surface area contributed by atoms with Crippen LogP contribution in [-0.2, 0) is 34.9 Å². The van der Waals surface area contributed by atoms with Gasteiger partial charge in [-0.05, 0) is 88.6 Å². The van der Waals surface area contributed by atoms with Crippen molar-refractivity contribution in [3.63, 3.8) is 0 Å². The number of ketones is 2. The number of esters is 1. The van der Waals surface area contributed by atoms with Crippen molar-refractivity contribution in [3.8, 4) is 5.75 Å². The highest BCUT2D eigenvalue weighted by molar-refractivity contribution is 8.19. The zero-order chi connectivity index (χ0) is 42.0. The molecule has 5 atom stereocenters. The number of allylic oxidation sites excluding steroid dienone is 1. The Balaban J connectivity index is 1.48. The van der Waals surface area contributed by atoms with Crippen molar-refractivity contribution >= 4 is 59.8 Å². The molecule has 1 aliphatic heterocycles. The van der Waals surface area contributed by atoms with Crippen LogP contribution in [-0.4, -0.2) is 68.9 Å². The Morgan fingerprint density at radius 2 is 1.53 bits per heavy atom. The van der Waals surface area contributed by atoms with E-state index >= 15 is 4.79 Å². The lowest BCUT2D eigenvalue weighted by Crippen LogP contribution is -2.67. The molecule has 1 saturated carbocycles. The summed E-state index contributed by atoms with van der Waals surface area (Å²) in [6.45, 7) is 16.3. The van der Waals surface area contributed by atoms with E-state index in [1.54, 1.807) is 30.6 Å². The molecule has 1 aliphatic carbocycles. The van der Waals surface area contributed by atoms with E-state index in [9.17, 15) is 9.59 Å². The summed E-state index contributed by atoms with van der Waals surface area (Å²) in [7, 11) is -0.0268. The molecule has 3 aromatic rings. The molecule has 1 heterocycles. The first-order valence-corrected chi connectivity index (χ1v) is 24.6. The Hall–Kier alpha value is -3.15. The molecule has 0 spiro atoms. The van der Waals surface area contributed by atoms with E-state index in [0.29, 0.717) is 32.5 Å². The Bertz CT molecular complexity index is 1770. The largest absolute Gasteiger partial charge is 0.497 e. The Kier molecular flexibility index (Phi) is 16.2. The molecular formula is C48H64O7S2Si. The molecule has 2 aliphatic rings. The minimum atomic E-state index is -3.03. The normalized spacial score (nSPS) is 21.9. The first-order chi connectivity index (χ1) is 27.7. The number of hydrogen-bond donors (Lipinski definition) is 0. The Morgan fingerprint density at radius 1 is 0.931 bits per heavy atom. The van der Waals surface area contributed by atoms with Gasteiger partial charge in [-0.3, -0.25) is 14.4 Å². The van der Waals surface area contributed by atoms with Crippen molar-refractivity contribution < 1.29 is 33.0 Å². The maximum atomic E-state index is 15.7.